The van der Waals surface area contributed by atoms with Gasteiger partial charge < -0.3 is 0 Å². The van der Waals surface area contributed by atoms with Crippen molar-refractivity contribution in [3.8, 4) is 5.69 Å². The van der Waals surface area contributed by atoms with Crippen molar-refractivity contribution >= 4 is 33.3 Å². The van der Waals surface area contributed by atoms with E-state index in [1.54, 1.807) is 0 Å². The molecule has 1 aromatic carbocycles. The highest BCUT2D eigenvalue weighted by Crippen LogP contribution is 2.37. The van der Waals surface area contributed by atoms with E-state index in [9.17, 15) is 21.6 Å². The van der Waals surface area contributed by atoms with Gasteiger partial charge in [0.05, 0.1) is 27.6 Å². The maximum Gasteiger partial charge on any atom is 0.416 e. The molecule has 0 aliphatic carbocycles. The number of hydrogen-bond acceptors (Lipinski definition) is 5. The minimum Gasteiger partial charge on any atom is -0.264 e. The van der Waals surface area contributed by atoms with Crippen molar-refractivity contribution in [2.45, 2.75) is 19.7 Å². The van der Waals surface area contributed by atoms with E-state index in [2.05, 4.69) is 14.4 Å². The molecule has 6 nitrogen and oxygen atoms in total. The number of aromatic nitrogens is 3. The van der Waals surface area contributed by atoms with Gasteiger partial charge in [0, 0.05) is 0 Å². The maximum atomic E-state index is 12.7. The van der Waals surface area contributed by atoms with Crippen LogP contribution >= 0.6 is 23.2 Å². The fourth-order valence-corrected chi connectivity index (χ4v) is 2.69. The lowest BCUT2D eigenvalue weighted by Crippen LogP contribution is -2.08. The molecule has 1 heterocycles. The van der Waals surface area contributed by atoms with Gasteiger partial charge in [-0.3, -0.25) is 4.18 Å². The summed E-state index contributed by atoms with van der Waals surface area (Å²) < 4.78 is 64.8. The van der Waals surface area contributed by atoms with Gasteiger partial charge in [0.1, 0.15) is 18.0 Å². The van der Waals surface area contributed by atoms with Gasteiger partial charge in [-0.1, -0.05) is 23.2 Å². The Morgan fingerprint density at radius 2 is 1.75 bits per heavy atom. The van der Waals surface area contributed by atoms with Crippen LogP contribution in [0.3, 0.4) is 0 Å². The van der Waals surface area contributed by atoms with Crippen LogP contribution in [0.2, 0.25) is 10.0 Å². The lowest BCUT2D eigenvalue weighted by atomic mass is 10.2. The number of rotatable bonds is 4. The van der Waals surface area contributed by atoms with Crippen molar-refractivity contribution < 1.29 is 25.8 Å². The molecule has 0 saturated heterocycles. The smallest absolute Gasteiger partial charge is 0.264 e. The minimum absolute atomic E-state index is 0.0555. The number of alkyl halides is 3. The summed E-state index contributed by atoms with van der Waals surface area (Å²) in [6.07, 6.45) is -3.73. The van der Waals surface area contributed by atoms with Crippen LogP contribution in [0, 0.1) is 6.92 Å². The molecule has 0 fully saturated rings. The number of benzene rings is 1. The quantitative estimate of drug-likeness (QED) is 0.731. The molecule has 0 bridgehead atoms. The second-order valence-electron chi connectivity index (χ2n) is 4.77. The van der Waals surface area contributed by atoms with Crippen LogP contribution in [0.5, 0.6) is 0 Å². The zero-order valence-electron chi connectivity index (χ0n) is 12.2. The van der Waals surface area contributed by atoms with Gasteiger partial charge in [-0.2, -0.15) is 31.8 Å². The first-order valence-electron chi connectivity index (χ1n) is 6.22. The largest absolute Gasteiger partial charge is 0.416 e. The van der Waals surface area contributed by atoms with Crippen LogP contribution in [0.25, 0.3) is 5.69 Å². The van der Waals surface area contributed by atoms with Crippen LogP contribution in [0.15, 0.2) is 12.1 Å². The summed E-state index contributed by atoms with van der Waals surface area (Å²) >= 11 is 11.7. The van der Waals surface area contributed by atoms with Crippen molar-refractivity contribution in [1.82, 2.24) is 15.0 Å². The fourth-order valence-electron chi connectivity index (χ4n) is 1.73. The summed E-state index contributed by atoms with van der Waals surface area (Å²) in [5.41, 5.74) is -0.580. The highest BCUT2D eigenvalue weighted by molar-refractivity contribution is 7.85. The topological polar surface area (TPSA) is 74.1 Å². The summed E-state index contributed by atoms with van der Waals surface area (Å²) in [5.74, 6) is 0. The van der Waals surface area contributed by atoms with Gasteiger partial charge in [0.25, 0.3) is 10.1 Å². The molecule has 0 saturated carbocycles. The molecule has 0 amide bonds. The van der Waals surface area contributed by atoms with Crippen LogP contribution in [-0.4, -0.2) is 29.7 Å². The average molecular weight is 404 g/mol. The number of nitrogens with zero attached hydrogens (tertiary/aromatic N) is 3. The molecule has 0 aliphatic heterocycles. The van der Waals surface area contributed by atoms with Gasteiger partial charge in [-0.25, -0.2) is 0 Å². The van der Waals surface area contributed by atoms with Gasteiger partial charge in [0.15, 0.2) is 0 Å². The second kappa shape index (κ2) is 6.51. The Labute approximate surface area is 145 Å². The van der Waals surface area contributed by atoms with E-state index < -0.39 is 21.9 Å². The molecule has 0 radical (unpaired) electrons. The maximum absolute atomic E-state index is 12.7. The first-order valence-corrected chi connectivity index (χ1v) is 8.79. The standard InChI is InChI=1S/C12H10Cl2F3N3O3S/c1-6-10(5-23-24(2,21)22)19-20(18-6)11-8(13)3-7(4-9(11)14)12(15,16)17/h3-4H,5H2,1-2H3. The Hall–Kier alpha value is -1.36. The van der Waals surface area contributed by atoms with E-state index in [-0.39, 0.29) is 28.0 Å². The Kier molecular flexibility index (Phi) is 5.14. The summed E-state index contributed by atoms with van der Waals surface area (Å²) in [6, 6.07) is 1.41. The molecule has 12 heteroatoms. The predicted molar refractivity (Wildman–Crippen MR) is 80.8 cm³/mol. The molecular formula is C12H10Cl2F3N3O3S. The third-order valence-electron chi connectivity index (χ3n) is 2.83. The third kappa shape index (κ3) is 4.38. The Bertz CT molecular complexity index is 858. The van der Waals surface area contributed by atoms with Crippen molar-refractivity contribution in [2.24, 2.45) is 0 Å². The van der Waals surface area contributed by atoms with E-state index in [0.29, 0.717) is 17.8 Å². The van der Waals surface area contributed by atoms with Gasteiger partial charge >= 0.3 is 6.18 Å². The third-order valence-corrected chi connectivity index (χ3v) is 3.95. The van der Waals surface area contributed by atoms with Crippen molar-refractivity contribution in [3.63, 3.8) is 0 Å². The Morgan fingerprint density at radius 1 is 1.21 bits per heavy atom. The molecule has 2 aromatic rings. The molecule has 0 atom stereocenters. The summed E-state index contributed by atoms with van der Waals surface area (Å²) in [5, 5.41) is 7.33. The lowest BCUT2D eigenvalue weighted by molar-refractivity contribution is -0.137. The molecule has 2 rings (SSSR count). The van der Waals surface area contributed by atoms with Gasteiger partial charge in [-0.15, -0.1) is 4.80 Å². The van der Waals surface area contributed by atoms with Crippen molar-refractivity contribution in [1.29, 1.82) is 0 Å². The zero-order chi connectivity index (χ0) is 18.3. The summed E-state index contributed by atoms with van der Waals surface area (Å²) in [7, 11) is -3.69. The zero-order valence-corrected chi connectivity index (χ0v) is 14.6. The highest BCUT2D eigenvalue weighted by Gasteiger charge is 2.32. The Morgan fingerprint density at radius 3 is 2.21 bits per heavy atom. The fraction of sp³-hybridized carbons (Fsp3) is 0.333. The lowest BCUT2D eigenvalue weighted by Gasteiger charge is -2.11. The molecule has 132 valence electrons. The monoisotopic (exact) mass is 403 g/mol. The second-order valence-corrected chi connectivity index (χ2v) is 7.23. The molecular weight excluding hydrogens is 394 g/mol. The summed E-state index contributed by atoms with van der Waals surface area (Å²) in [4.78, 5) is 0.932. The van der Waals surface area contributed by atoms with Crippen molar-refractivity contribution in [3.05, 3.63) is 39.1 Å². The molecule has 0 N–H and O–H groups in total. The predicted octanol–water partition coefficient (Wildman–Crippen LogP) is 3.38. The first-order chi connectivity index (χ1) is 10.9. The van der Waals surface area contributed by atoms with Crippen LogP contribution in [0.1, 0.15) is 17.0 Å². The van der Waals surface area contributed by atoms with E-state index in [1.807, 2.05) is 0 Å². The Balaban J connectivity index is 2.43. The number of aryl methyl sites for hydroxylation is 1. The van der Waals surface area contributed by atoms with Crippen molar-refractivity contribution in [2.75, 3.05) is 6.26 Å². The van der Waals surface area contributed by atoms with E-state index in [4.69, 9.17) is 23.2 Å². The van der Waals surface area contributed by atoms with E-state index >= 15 is 0 Å². The number of hydrogen-bond donors (Lipinski definition) is 0. The van der Waals surface area contributed by atoms with Crippen LogP contribution < -0.4 is 0 Å². The highest BCUT2D eigenvalue weighted by atomic mass is 35.5. The average Bonchev–Trinajstić information content (AvgIpc) is 2.74. The summed E-state index contributed by atoms with van der Waals surface area (Å²) in [6.45, 7) is 1.15. The van der Waals surface area contributed by atoms with Gasteiger partial charge in [-0.05, 0) is 19.1 Å². The molecule has 1 aromatic heterocycles. The SMILES string of the molecule is Cc1nn(-c2c(Cl)cc(C(F)(F)F)cc2Cl)nc1COS(C)(=O)=O. The molecule has 0 unspecified atom stereocenters. The number of halogens is 5. The van der Waals surface area contributed by atoms with E-state index in [0.717, 1.165) is 11.1 Å². The normalized spacial score (nSPS) is 12.6. The van der Waals surface area contributed by atoms with Gasteiger partial charge in [0.2, 0.25) is 0 Å². The molecule has 0 spiro atoms. The van der Waals surface area contributed by atoms with Crippen LogP contribution in [0.4, 0.5) is 13.2 Å². The van der Waals surface area contributed by atoms with E-state index in [1.165, 1.54) is 6.92 Å². The molecule has 0 aliphatic rings. The van der Waals surface area contributed by atoms with Crippen LogP contribution in [-0.2, 0) is 27.1 Å². The molecule has 24 heavy (non-hydrogen) atoms. The first kappa shape index (κ1) is 19.0. The minimum atomic E-state index is -4.60.